The van der Waals surface area contributed by atoms with Crippen LogP contribution in [0.3, 0.4) is 0 Å². The Bertz CT molecular complexity index is 209. The molecule has 6 heteroatoms. The van der Waals surface area contributed by atoms with Gasteiger partial charge in [-0.2, -0.15) is 0 Å². The first-order chi connectivity index (χ1) is 6.51. The summed E-state index contributed by atoms with van der Waals surface area (Å²) in [6.45, 7) is 4.36. The smallest absolute Gasteiger partial charge is 0.425 e. The molecule has 14 heavy (non-hydrogen) atoms. The number of nitrogens with one attached hydrogen (secondary N) is 1. The van der Waals surface area contributed by atoms with Crippen molar-refractivity contribution in [3.05, 3.63) is 0 Å². The molecule has 0 aliphatic heterocycles. The minimum absolute atomic E-state index is 0.170. The quantitative estimate of drug-likeness (QED) is 0.616. The summed E-state index contributed by atoms with van der Waals surface area (Å²) in [6, 6.07) is 0. The maximum Gasteiger partial charge on any atom is 0.425 e. The molecule has 0 rings (SSSR count). The summed E-state index contributed by atoms with van der Waals surface area (Å²) in [6.07, 6.45) is -0.639. The third-order valence-electron chi connectivity index (χ3n) is 1.37. The van der Waals surface area contributed by atoms with Crippen molar-refractivity contribution in [3.8, 4) is 0 Å². The molecular weight excluding hydrogens is 252 g/mol. The van der Waals surface area contributed by atoms with Crippen LogP contribution in [0, 0.1) is 5.92 Å². The minimum atomic E-state index is -0.639. The second-order valence-electron chi connectivity index (χ2n) is 3.14. The van der Waals surface area contributed by atoms with Gasteiger partial charge in [0.25, 0.3) is 5.91 Å². The Morgan fingerprint density at radius 2 is 2.07 bits per heavy atom. The standard InChI is InChI=1S/C8H15BrN2O3/c1-6(2)5-11(7(12)4-9)10-8(13)14-3/h6H,4-5H2,1-3H3,(H,10,13). The second kappa shape index (κ2) is 6.64. The van der Waals surface area contributed by atoms with Crippen molar-refractivity contribution in [2.75, 3.05) is 19.0 Å². The Labute approximate surface area is 91.9 Å². The molecule has 82 valence electrons. The van der Waals surface area contributed by atoms with Crippen molar-refractivity contribution in [1.82, 2.24) is 10.4 Å². The van der Waals surface area contributed by atoms with E-state index in [-0.39, 0.29) is 17.2 Å². The van der Waals surface area contributed by atoms with Crippen LogP contribution in [0.15, 0.2) is 0 Å². The summed E-state index contributed by atoms with van der Waals surface area (Å²) < 4.78 is 4.40. The maximum atomic E-state index is 11.3. The van der Waals surface area contributed by atoms with Gasteiger partial charge in [-0.25, -0.2) is 10.2 Å². The summed E-state index contributed by atoms with van der Waals surface area (Å²) in [4.78, 5) is 22.2. The van der Waals surface area contributed by atoms with Crippen LogP contribution in [0.25, 0.3) is 0 Å². The number of hydrogen-bond acceptors (Lipinski definition) is 3. The molecule has 0 aliphatic rings. The highest BCUT2D eigenvalue weighted by molar-refractivity contribution is 9.09. The second-order valence-corrected chi connectivity index (χ2v) is 3.70. The lowest BCUT2D eigenvalue weighted by Gasteiger charge is -2.23. The molecule has 0 saturated heterocycles. The van der Waals surface area contributed by atoms with E-state index < -0.39 is 6.09 Å². The van der Waals surface area contributed by atoms with Crippen LogP contribution in [0.5, 0.6) is 0 Å². The number of hydrogen-bond donors (Lipinski definition) is 1. The molecule has 0 atom stereocenters. The van der Waals surface area contributed by atoms with Crippen molar-refractivity contribution in [3.63, 3.8) is 0 Å². The van der Waals surface area contributed by atoms with Crippen LogP contribution in [0.4, 0.5) is 4.79 Å². The van der Waals surface area contributed by atoms with Crippen LogP contribution in [0.1, 0.15) is 13.8 Å². The molecule has 0 unspecified atom stereocenters. The number of nitrogens with zero attached hydrogens (tertiary/aromatic N) is 1. The summed E-state index contributed by atoms with van der Waals surface area (Å²) >= 11 is 3.03. The van der Waals surface area contributed by atoms with Gasteiger partial charge in [-0.3, -0.25) is 9.80 Å². The van der Waals surface area contributed by atoms with E-state index in [0.29, 0.717) is 6.54 Å². The Morgan fingerprint density at radius 3 is 2.43 bits per heavy atom. The van der Waals surface area contributed by atoms with E-state index in [1.54, 1.807) is 0 Å². The molecule has 0 aromatic carbocycles. The zero-order chi connectivity index (χ0) is 11.1. The largest absolute Gasteiger partial charge is 0.452 e. The van der Waals surface area contributed by atoms with Crippen molar-refractivity contribution in [2.45, 2.75) is 13.8 Å². The van der Waals surface area contributed by atoms with Gasteiger partial charge in [-0.15, -0.1) is 0 Å². The summed E-state index contributed by atoms with van der Waals surface area (Å²) in [7, 11) is 1.25. The number of carbonyl (C=O) groups excluding carboxylic acids is 2. The Morgan fingerprint density at radius 1 is 1.50 bits per heavy atom. The first-order valence-electron chi connectivity index (χ1n) is 4.22. The molecule has 0 spiro atoms. The maximum absolute atomic E-state index is 11.3. The molecular formula is C8H15BrN2O3. The predicted molar refractivity (Wildman–Crippen MR) is 55.9 cm³/mol. The molecule has 1 N–H and O–H groups in total. The molecule has 2 amide bonds. The number of methoxy groups -OCH3 is 1. The van der Waals surface area contributed by atoms with Crippen molar-refractivity contribution in [2.24, 2.45) is 5.92 Å². The molecule has 0 radical (unpaired) electrons. The Hall–Kier alpha value is -0.780. The SMILES string of the molecule is COC(=O)NN(CC(C)C)C(=O)CBr. The average molecular weight is 267 g/mol. The van der Waals surface area contributed by atoms with Crippen LogP contribution in [-0.4, -0.2) is 36.0 Å². The number of halogens is 1. The number of carbonyl (C=O) groups is 2. The highest BCUT2D eigenvalue weighted by atomic mass is 79.9. The molecule has 0 fully saturated rings. The third kappa shape index (κ3) is 5.06. The monoisotopic (exact) mass is 266 g/mol. The lowest BCUT2D eigenvalue weighted by molar-refractivity contribution is -0.131. The third-order valence-corrected chi connectivity index (χ3v) is 1.85. The first kappa shape index (κ1) is 13.2. The molecule has 0 aliphatic carbocycles. The number of rotatable bonds is 3. The van der Waals surface area contributed by atoms with Gasteiger partial charge in [0.2, 0.25) is 0 Å². The van der Waals surface area contributed by atoms with E-state index in [0.717, 1.165) is 0 Å². The van der Waals surface area contributed by atoms with Gasteiger partial charge in [0.1, 0.15) is 0 Å². The van der Waals surface area contributed by atoms with Crippen molar-refractivity contribution >= 4 is 27.9 Å². The van der Waals surface area contributed by atoms with Crippen LogP contribution in [0.2, 0.25) is 0 Å². The lowest BCUT2D eigenvalue weighted by atomic mass is 10.2. The lowest BCUT2D eigenvalue weighted by Crippen LogP contribution is -2.48. The van der Waals surface area contributed by atoms with Gasteiger partial charge in [0, 0.05) is 6.54 Å². The number of ether oxygens (including phenoxy) is 1. The Kier molecular flexibility index (Phi) is 6.27. The van der Waals surface area contributed by atoms with Gasteiger partial charge >= 0.3 is 6.09 Å². The van der Waals surface area contributed by atoms with E-state index >= 15 is 0 Å². The molecule has 0 bridgehead atoms. The zero-order valence-corrected chi connectivity index (χ0v) is 10.1. The minimum Gasteiger partial charge on any atom is -0.452 e. The Balaban J connectivity index is 4.24. The van der Waals surface area contributed by atoms with Gasteiger partial charge in [-0.1, -0.05) is 29.8 Å². The highest BCUT2D eigenvalue weighted by Crippen LogP contribution is 1.98. The van der Waals surface area contributed by atoms with Crippen molar-refractivity contribution in [1.29, 1.82) is 0 Å². The van der Waals surface area contributed by atoms with E-state index in [4.69, 9.17) is 0 Å². The fourth-order valence-corrected chi connectivity index (χ4v) is 1.11. The topological polar surface area (TPSA) is 58.6 Å². The van der Waals surface area contributed by atoms with E-state index in [1.807, 2.05) is 13.8 Å². The van der Waals surface area contributed by atoms with Gasteiger partial charge in [0.15, 0.2) is 0 Å². The van der Waals surface area contributed by atoms with Crippen LogP contribution in [-0.2, 0) is 9.53 Å². The number of hydrazine groups is 1. The van der Waals surface area contributed by atoms with Gasteiger partial charge in [-0.05, 0) is 5.92 Å². The molecule has 0 heterocycles. The van der Waals surface area contributed by atoms with Gasteiger partial charge in [0.05, 0.1) is 12.4 Å². The number of alkyl halides is 1. The normalized spacial score (nSPS) is 9.79. The molecule has 0 aromatic rings. The van der Waals surface area contributed by atoms with Crippen LogP contribution < -0.4 is 5.43 Å². The highest BCUT2D eigenvalue weighted by Gasteiger charge is 2.16. The van der Waals surface area contributed by atoms with Crippen molar-refractivity contribution < 1.29 is 14.3 Å². The van der Waals surface area contributed by atoms with Gasteiger partial charge < -0.3 is 4.74 Å². The molecule has 0 aromatic heterocycles. The summed E-state index contributed by atoms with van der Waals surface area (Å²) in [5.74, 6) is 0.0688. The van der Waals surface area contributed by atoms with E-state index in [9.17, 15) is 9.59 Å². The molecule has 0 saturated carbocycles. The number of amides is 2. The van der Waals surface area contributed by atoms with E-state index in [1.165, 1.54) is 12.1 Å². The average Bonchev–Trinajstić information content (AvgIpc) is 2.14. The summed E-state index contributed by atoms with van der Waals surface area (Å²) in [5, 5.41) is 1.41. The fourth-order valence-electron chi connectivity index (χ4n) is 0.803. The molecule has 5 nitrogen and oxygen atoms in total. The van der Waals surface area contributed by atoms with E-state index in [2.05, 4.69) is 26.1 Å². The van der Waals surface area contributed by atoms with Crippen LogP contribution >= 0.6 is 15.9 Å². The fraction of sp³-hybridized carbons (Fsp3) is 0.750. The predicted octanol–water partition coefficient (Wildman–Crippen LogP) is 1.14. The summed E-state index contributed by atoms with van der Waals surface area (Å²) in [5.41, 5.74) is 2.34. The first-order valence-corrected chi connectivity index (χ1v) is 5.34. The zero-order valence-electron chi connectivity index (χ0n) is 8.54.